The van der Waals surface area contributed by atoms with Crippen molar-refractivity contribution in [1.29, 1.82) is 0 Å². The Balaban J connectivity index is 1.32. The molecular formula is C31H28ClFN4O4. The smallest absolute Gasteiger partial charge is 0.316 e. The van der Waals surface area contributed by atoms with E-state index in [0.717, 1.165) is 24.0 Å². The SMILES string of the molecule is COc1cc(F)ccc1-c1ccc(Oc2c(N3CCN(C(=O)C4CC4)CC3)cnn(-c3ccc(Cl)cc3)c2=O)cc1. The molecule has 0 atom stereocenters. The third-order valence-corrected chi connectivity index (χ3v) is 7.65. The van der Waals surface area contributed by atoms with Gasteiger partial charge in [-0.15, -0.1) is 0 Å². The van der Waals surface area contributed by atoms with Crippen molar-refractivity contribution in [3.05, 3.63) is 94.1 Å². The summed E-state index contributed by atoms with van der Waals surface area (Å²) in [6.45, 7) is 2.26. The summed E-state index contributed by atoms with van der Waals surface area (Å²) in [7, 11) is 1.49. The Bertz CT molecular complexity index is 1630. The minimum atomic E-state index is -0.425. The van der Waals surface area contributed by atoms with Gasteiger partial charge >= 0.3 is 5.56 Å². The number of anilines is 1. The van der Waals surface area contributed by atoms with Crippen molar-refractivity contribution in [2.75, 3.05) is 38.2 Å². The number of hydrogen-bond acceptors (Lipinski definition) is 6. The van der Waals surface area contributed by atoms with E-state index in [9.17, 15) is 14.0 Å². The fraction of sp³-hybridized carbons (Fsp3) is 0.258. The molecule has 1 saturated carbocycles. The van der Waals surface area contributed by atoms with E-state index in [-0.39, 0.29) is 23.4 Å². The highest BCUT2D eigenvalue weighted by atomic mass is 35.5. The number of amides is 1. The highest BCUT2D eigenvalue weighted by Crippen LogP contribution is 2.35. The van der Waals surface area contributed by atoms with Gasteiger partial charge in [0.2, 0.25) is 11.7 Å². The average Bonchev–Trinajstić information content (AvgIpc) is 3.85. The molecule has 0 unspecified atom stereocenters. The molecule has 6 rings (SSSR count). The molecule has 1 amide bonds. The van der Waals surface area contributed by atoms with Crippen LogP contribution in [0.3, 0.4) is 0 Å². The van der Waals surface area contributed by atoms with Crippen LogP contribution in [0.15, 0.2) is 77.7 Å². The Morgan fingerprint density at radius 2 is 1.68 bits per heavy atom. The van der Waals surface area contributed by atoms with E-state index in [2.05, 4.69) is 5.10 Å². The van der Waals surface area contributed by atoms with Gasteiger partial charge < -0.3 is 19.3 Å². The van der Waals surface area contributed by atoms with Crippen molar-refractivity contribution in [2.24, 2.45) is 5.92 Å². The van der Waals surface area contributed by atoms with Gasteiger partial charge in [-0.05, 0) is 66.9 Å². The molecule has 1 saturated heterocycles. The standard InChI is InChI=1S/C31H28ClFN4O4/c1-40-28-18-23(33)8-13-26(28)20-4-11-25(12-5-20)41-29-27(35-14-16-36(17-15-35)30(38)21-2-3-21)19-34-37(31(29)39)24-9-6-22(32)7-10-24/h4-13,18-19,21H,2-3,14-17H2,1H3. The molecule has 10 heteroatoms. The number of hydrogen-bond donors (Lipinski definition) is 0. The zero-order valence-electron chi connectivity index (χ0n) is 22.4. The molecule has 0 bridgehead atoms. The Morgan fingerprint density at radius 1 is 0.976 bits per heavy atom. The summed E-state index contributed by atoms with van der Waals surface area (Å²) in [6, 6.07) is 18.3. The molecule has 1 aromatic heterocycles. The number of halogens is 2. The monoisotopic (exact) mass is 574 g/mol. The first-order valence-electron chi connectivity index (χ1n) is 13.4. The molecule has 1 aliphatic carbocycles. The van der Waals surface area contributed by atoms with Gasteiger partial charge in [0, 0.05) is 48.7 Å². The Labute approximate surface area is 241 Å². The maximum atomic E-state index is 13.8. The number of methoxy groups -OCH3 is 1. The summed E-state index contributed by atoms with van der Waals surface area (Å²) in [4.78, 5) is 30.3. The zero-order chi connectivity index (χ0) is 28.5. The van der Waals surface area contributed by atoms with Crippen LogP contribution >= 0.6 is 11.6 Å². The molecule has 2 fully saturated rings. The number of carbonyl (C=O) groups is 1. The summed E-state index contributed by atoms with van der Waals surface area (Å²) >= 11 is 6.05. The maximum absolute atomic E-state index is 13.8. The number of benzene rings is 3. The Kier molecular flexibility index (Phi) is 7.36. The van der Waals surface area contributed by atoms with Gasteiger partial charge in [-0.25, -0.2) is 4.39 Å². The predicted octanol–water partition coefficient (Wildman–Crippen LogP) is 5.55. The molecule has 2 heterocycles. The summed E-state index contributed by atoms with van der Waals surface area (Å²) in [5.74, 6) is 0.998. The first-order chi connectivity index (χ1) is 19.9. The van der Waals surface area contributed by atoms with Crippen molar-refractivity contribution >= 4 is 23.2 Å². The lowest BCUT2D eigenvalue weighted by molar-refractivity contribution is -0.132. The maximum Gasteiger partial charge on any atom is 0.316 e. The molecule has 0 radical (unpaired) electrons. The minimum absolute atomic E-state index is 0.129. The average molecular weight is 575 g/mol. The third-order valence-electron chi connectivity index (χ3n) is 7.39. The van der Waals surface area contributed by atoms with Crippen LogP contribution in [0.4, 0.5) is 10.1 Å². The lowest BCUT2D eigenvalue weighted by Gasteiger charge is -2.36. The highest BCUT2D eigenvalue weighted by molar-refractivity contribution is 6.30. The molecule has 8 nitrogen and oxygen atoms in total. The van der Waals surface area contributed by atoms with Crippen molar-refractivity contribution in [2.45, 2.75) is 12.8 Å². The number of piperazine rings is 1. The molecule has 4 aromatic rings. The van der Waals surface area contributed by atoms with E-state index in [0.29, 0.717) is 54.1 Å². The summed E-state index contributed by atoms with van der Waals surface area (Å²) in [6.07, 6.45) is 3.56. The topological polar surface area (TPSA) is 76.9 Å². The quantitative estimate of drug-likeness (QED) is 0.288. The van der Waals surface area contributed by atoms with Crippen molar-refractivity contribution in [1.82, 2.24) is 14.7 Å². The number of ether oxygens (including phenoxy) is 2. The fourth-order valence-electron chi connectivity index (χ4n) is 5.00. The molecule has 3 aromatic carbocycles. The lowest BCUT2D eigenvalue weighted by Crippen LogP contribution is -2.49. The van der Waals surface area contributed by atoms with Crippen LogP contribution in [0.2, 0.25) is 5.02 Å². The summed E-state index contributed by atoms with van der Waals surface area (Å²) in [5, 5.41) is 4.99. The second-order valence-corrected chi connectivity index (χ2v) is 10.5. The van der Waals surface area contributed by atoms with Crippen LogP contribution in [0.1, 0.15) is 12.8 Å². The highest BCUT2D eigenvalue weighted by Gasteiger charge is 2.35. The van der Waals surface area contributed by atoms with Crippen molar-refractivity contribution < 1.29 is 18.7 Å². The largest absolute Gasteiger partial charge is 0.496 e. The number of aromatic nitrogens is 2. The molecule has 210 valence electrons. The van der Waals surface area contributed by atoms with Crippen LogP contribution in [0.5, 0.6) is 17.2 Å². The molecule has 0 spiro atoms. The second-order valence-electron chi connectivity index (χ2n) is 10.1. The van der Waals surface area contributed by atoms with E-state index in [1.54, 1.807) is 48.7 Å². The van der Waals surface area contributed by atoms with Gasteiger partial charge in [0.05, 0.1) is 19.0 Å². The van der Waals surface area contributed by atoms with E-state index >= 15 is 0 Å². The zero-order valence-corrected chi connectivity index (χ0v) is 23.2. The van der Waals surface area contributed by atoms with Crippen LogP contribution in [0.25, 0.3) is 16.8 Å². The van der Waals surface area contributed by atoms with Gasteiger partial charge in [-0.2, -0.15) is 9.78 Å². The molecule has 1 aliphatic heterocycles. The van der Waals surface area contributed by atoms with Crippen molar-refractivity contribution in [3.63, 3.8) is 0 Å². The number of nitrogens with zero attached hydrogens (tertiary/aromatic N) is 4. The third kappa shape index (κ3) is 5.63. The second kappa shape index (κ2) is 11.2. The van der Waals surface area contributed by atoms with Gasteiger partial charge in [-0.1, -0.05) is 23.7 Å². The van der Waals surface area contributed by atoms with Crippen LogP contribution in [0, 0.1) is 11.7 Å². The predicted molar refractivity (Wildman–Crippen MR) is 155 cm³/mol. The van der Waals surface area contributed by atoms with E-state index < -0.39 is 5.56 Å². The number of rotatable bonds is 7. The lowest BCUT2D eigenvalue weighted by atomic mass is 10.0. The molecule has 0 N–H and O–H groups in total. The molecule has 2 aliphatic rings. The Hall–Kier alpha value is -4.37. The summed E-state index contributed by atoms with van der Waals surface area (Å²) < 4.78 is 26.6. The molecule has 41 heavy (non-hydrogen) atoms. The van der Waals surface area contributed by atoms with E-state index in [1.807, 2.05) is 21.9 Å². The van der Waals surface area contributed by atoms with Crippen LogP contribution < -0.4 is 19.9 Å². The first-order valence-corrected chi connectivity index (χ1v) is 13.8. The fourth-order valence-corrected chi connectivity index (χ4v) is 5.12. The normalized spacial score (nSPS) is 15.1. The summed E-state index contributed by atoms with van der Waals surface area (Å²) in [5.41, 5.74) is 2.22. The van der Waals surface area contributed by atoms with Crippen LogP contribution in [-0.2, 0) is 4.79 Å². The van der Waals surface area contributed by atoms with Gasteiger partial charge in [-0.3, -0.25) is 9.59 Å². The Morgan fingerprint density at radius 3 is 2.34 bits per heavy atom. The van der Waals surface area contributed by atoms with Gasteiger partial charge in [0.15, 0.2) is 0 Å². The molecular weight excluding hydrogens is 547 g/mol. The van der Waals surface area contributed by atoms with Gasteiger partial charge in [0.1, 0.15) is 23.0 Å². The minimum Gasteiger partial charge on any atom is -0.496 e. The van der Waals surface area contributed by atoms with E-state index in [1.165, 1.54) is 23.9 Å². The van der Waals surface area contributed by atoms with E-state index in [4.69, 9.17) is 21.1 Å². The first kappa shape index (κ1) is 26.8. The number of carbonyl (C=O) groups excluding carboxylic acids is 1. The van der Waals surface area contributed by atoms with Crippen LogP contribution in [-0.4, -0.2) is 53.9 Å². The van der Waals surface area contributed by atoms with Crippen molar-refractivity contribution in [3.8, 4) is 34.1 Å². The van der Waals surface area contributed by atoms with Gasteiger partial charge in [0.25, 0.3) is 0 Å².